The molecule has 0 spiro atoms. The van der Waals surface area contributed by atoms with Crippen molar-refractivity contribution in [1.82, 2.24) is 9.97 Å². The molecule has 1 N–H and O–H groups in total. The molecule has 0 aliphatic heterocycles. The monoisotopic (exact) mass is 270 g/mol. The fourth-order valence-electron chi connectivity index (χ4n) is 2.37. The second-order valence-corrected chi connectivity index (χ2v) is 5.13. The molecule has 7 heteroatoms. The van der Waals surface area contributed by atoms with E-state index in [2.05, 4.69) is 22.2 Å². The molecular weight excluding hydrogens is 256 g/mol. The van der Waals surface area contributed by atoms with Crippen molar-refractivity contribution < 1.29 is 4.92 Å². The van der Waals surface area contributed by atoms with Crippen molar-refractivity contribution in [2.24, 2.45) is 11.8 Å². The van der Waals surface area contributed by atoms with Gasteiger partial charge >= 0.3 is 5.69 Å². The zero-order chi connectivity index (χ0) is 13.1. The lowest BCUT2D eigenvalue weighted by molar-refractivity contribution is -0.384. The van der Waals surface area contributed by atoms with Gasteiger partial charge in [0.15, 0.2) is 0 Å². The van der Waals surface area contributed by atoms with Crippen molar-refractivity contribution in [3.05, 3.63) is 21.6 Å². The second-order valence-electron chi connectivity index (χ2n) is 4.80. The van der Waals surface area contributed by atoms with Crippen LogP contribution in [0.15, 0.2) is 6.20 Å². The van der Waals surface area contributed by atoms with Gasteiger partial charge in [-0.3, -0.25) is 10.1 Å². The number of nitrogens with zero attached hydrogens (tertiary/aromatic N) is 3. The van der Waals surface area contributed by atoms with Crippen molar-refractivity contribution in [1.29, 1.82) is 0 Å². The molecule has 0 saturated heterocycles. The number of hydrogen-bond acceptors (Lipinski definition) is 5. The maximum Gasteiger partial charge on any atom is 0.329 e. The second kappa shape index (κ2) is 5.48. The average Bonchev–Trinajstić information content (AvgIpc) is 2.72. The van der Waals surface area contributed by atoms with E-state index in [4.69, 9.17) is 11.6 Å². The van der Waals surface area contributed by atoms with E-state index in [1.165, 1.54) is 6.42 Å². The third kappa shape index (κ3) is 3.07. The Morgan fingerprint density at radius 3 is 3.00 bits per heavy atom. The normalized spacial score (nSPS) is 23.0. The first-order valence-electron chi connectivity index (χ1n) is 5.97. The Balaban J connectivity index is 2.04. The van der Waals surface area contributed by atoms with Crippen LogP contribution in [0.25, 0.3) is 0 Å². The zero-order valence-corrected chi connectivity index (χ0v) is 10.9. The number of aromatic nitrogens is 2. The minimum atomic E-state index is -0.504. The van der Waals surface area contributed by atoms with E-state index in [-0.39, 0.29) is 16.8 Å². The number of nitro groups is 1. The van der Waals surface area contributed by atoms with Crippen molar-refractivity contribution >= 4 is 23.1 Å². The van der Waals surface area contributed by atoms with Crippen molar-refractivity contribution in [2.75, 3.05) is 11.9 Å². The molecule has 0 bridgehead atoms. The summed E-state index contributed by atoms with van der Waals surface area (Å²) in [6.45, 7) is 2.92. The Morgan fingerprint density at radius 1 is 1.61 bits per heavy atom. The summed E-state index contributed by atoms with van der Waals surface area (Å²) in [5, 5.41) is 13.9. The van der Waals surface area contributed by atoms with Gasteiger partial charge in [0, 0.05) is 6.54 Å². The molecule has 2 atom stereocenters. The molecule has 0 aromatic carbocycles. The van der Waals surface area contributed by atoms with Gasteiger partial charge in [0.2, 0.25) is 11.1 Å². The standard InChI is InChI=1S/C11H15ClN4O2/c1-7-2-3-8(4-7)5-13-10-9(16(17)18)6-14-11(12)15-10/h6-8H,2-5H2,1H3,(H,13,14,15). The molecule has 1 heterocycles. The minimum Gasteiger partial charge on any atom is -0.364 e. The number of nitrogens with one attached hydrogen (secondary N) is 1. The third-order valence-corrected chi connectivity index (χ3v) is 3.48. The minimum absolute atomic E-state index is 0.0166. The summed E-state index contributed by atoms with van der Waals surface area (Å²) in [7, 11) is 0. The van der Waals surface area contributed by atoms with E-state index in [1.54, 1.807) is 0 Å². The Labute approximate surface area is 110 Å². The Bertz CT molecular complexity index is 455. The maximum absolute atomic E-state index is 10.8. The Morgan fingerprint density at radius 2 is 2.39 bits per heavy atom. The van der Waals surface area contributed by atoms with Crippen molar-refractivity contribution in [2.45, 2.75) is 26.2 Å². The van der Waals surface area contributed by atoms with Crippen LogP contribution in [0, 0.1) is 22.0 Å². The fourth-order valence-corrected chi connectivity index (χ4v) is 2.50. The van der Waals surface area contributed by atoms with E-state index >= 15 is 0 Å². The molecule has 0 amide bonds. The van der Waals surface area contributed by atoms with Crippen LogP contribution in [-0.2, 0) is 0 Å². The summed E-state index contributed by atoms with van der Waals surface area (Å²) >= 11 is 5.66. The molecule has 6 nitrogen and oxygen atoms in total. The molecule has 0 radical (unpaired) electrons. The predicted octanol–water partition coefficient (Wildman–Crippen LogP) is 2.89. The van der Waals surface area contributed by atoms with Gasteiger partial charge in [-0.2, -0.15) is 4.98 Å². The molecular formula is C11H15ClN4O2. The molecule has 2 rings (SSSR count). The number of rotatable bonds is 4. The largest absolute Gasteiger partial charge is 0.364 e. The van der Waals surface area contributed by atoms with Crippen LogP contribution in [0.1, 0.15) is 26.2 Å². The zero-order valence-electron chi connectivity index (χ0n) is 10.1. The van der Waals surface area contributed by atoms with Gasteiger partial charge < -0.3 is 5.32 Å². The number of anilines is 1. The first-order valence-corrected chi connectivity index (χ1v) is 6.35. The molecule has 1 fully saturated rings. The molecule has 1 aliphatic carbocycles. The topological polar surface area (TPSA) is 81.0 Å². The Kier molecular flexibility index (Phi) is 3.96. The van der Waals surface area contributed by atoms with Crippen molar-refractivity contribution in [3.63, 3.8) is 0 Å². The third-order valence-electron chi connectivity index (χ3n) is 3.30. The number of halogens is 1. The van der Waals surface area contributed by atoms with E-state index in [9.17, 15) is 10.1 Å². The van der Waals surface area contributed by atoms with E-state index in [1.807, 2.05) is 0 Å². The van der Waals surface area contributed by atoms with E-state index in [0.717, 1.165) is 25.0 Å². The summed E-state index contributed by atoms with van der Waals surface area (Å²) < 4.78 is 0. The van der Waals surface area contributed by atoms with Gasteiger partial charge in [0.25, 0.3) is 0 Å². The summed E-state index contributed by atoms with van der Waals surface area (Å²) in [5.41, 5.74) is -0.134. The lowest BCUT2D eigenvalue weighted by Gasteiger charge is -2.11. The lowest BCUT2D eigenvalue weighted by Crippen LogP contribution is -2.14. The highest BCUT2D eigenvalue weighted by atomic mass is 35.5. The highest BCUT2D eigenvalue weighted by molar-refractivity contribution is 6.28. The number of hydrogen-bond donors (Lipinski definition) is 1. The van der Waals surface area contributed by atoms with Crippen LogP contribution in [0.4, 0.5) is 11.5 Å². The van der Waals surface area contributed by atoms with Crippen LogP contribution < -0.4 is 5.32 Å². The summed E-state index contributed by atoms with van der Waals surface area (Å²) in [4.78, 5) is 17.8. The smallest absolute Gasteiger partial charge is 0.329 e. The van der Waals surface area contributed by atoms with Crippen LogP contribution in [0.3, 0.4) is 0 Å². The maximum atomic E-state index is 10.8. The van der Waals surface area contributed by atoms with Crippen LogP contribution in [0.2, 0.25) is 5.28 Å². The van der Waals surface area contributed by atoms with Crippen LogP contribution in [-0.4, -0.2) is 21.4 Å². The summed E-state index contributed by atoms with van der Waals surface area (Å²) in [5.74, 6) is 1.49. The van der Waals surface area contributed by atoms with Crippen LogP contribution >= 0.6 is 11.6 Å². The molecule has 1 saturated carbocycles. The highest BCUT2D eigenvalue weighted by Gasteiger charge is 2.23. The SMILES string of the molecule is CC1CCC(CNc2nc(Cl)ncc2[N+](=O)[O-])C1. The predicted molar refractivity (Wildman–Crippen MR) is 68.7 cm³/mol. The van der Waals surface area contributed by atoms with Gasteiger partial charge in [-0.1, -0.05) is 13.3 Å². The summed E-state index contributed by atoms with van der Waals surface area (Å²) in [6, 6.07) is 0. The van der Waals surface area contributed by atoms with E-state index < -0.39 is 4.92 Å². The quantitative estimate of drug-likeness (QED) is 0.517. The van der Waals surface area contributed by atoms with E-state index in [0.29, 0.717) is 12.5 Å². The fraction of sp³-hybridized carbons (Fsp3) is 0.636. The molecule has 1 aromatic rings. The van der Waals surface area contributed by atoms with Crippen molar-refractivity contribution in [3.8, 4) is 0 Å². The van der Waals surface area contributed by atoms with Gasteiger partial charge in [-0.15, -0.1) is 0 Å². The highest BCUT2D eigenvalue weighted by Crippen LogP contribution is 2.31. The van der Waals surface area contributed by atoms with Crippen LogP contribution in [0.5, 0.6) is 0 Å². The molecule has 98 valence electrons. The summed E-state index contributed by atoms with van der Waals surface area (Å²) in [6.07, 6.45) is 4.66. The molecule has 1 aliphatic rings. The lowest BCUT2D eigenvalue weighted by atomic mass is 10.1. The van der Waals surface area contributed by atoms with Gasteiger partial charge in [-0.05, 0) is 36.3 Å². The molecule has 18 heavy (non-hydrogen) atoms. The average molecular weight is 271 g/mol. The Hall–Kier alpha value is -1.43. The molecule has 1 aromatic heterocycles. The first-order chi connectivity index (χ1) is 8.56. The van der Waals surface area contributed by atoms with Gasteiger partial charge in [0.05, 0.1) is 4.92 Å². The molecule has 2 unspecified atom stereocenters. The van der Waals surface area contributed by atoms with Gasteiger partial charge in [0.1, 0.15) is 6.20 Å². The first kappa shape index (κ1) is 13.0. The van der Waals surface area contributed by atoms with Gasteiger partial charge in [-0.25, -0.2) is 4.98 Å².